The van der Waals surface area contributed by atoms with Crippen LogP contribution in [0.5, 0.6) is 0 Å². The molecule has 0 aliphatic rings. The molecule has 88 valence electrons. The first kappa shape index (κ1) is 12.7. The van der Waals surface area contributed by atoms with Crippen molar-refractivity contribution in [2.45, 2.75) is 26.5 Å². The second kappa shape index (κ2) is 5.66. The molecule has 0 saturated carbocycles. The summed E-state index contributed by atoms with van der Waals surface area (Å²) in [6, 6.07) is 7.56. The minimum Gasteiger partial charge on any atom is -0.459 e. The second-order valence-electron chi connectivity index (χ2n) is 4.35. The zero-order valence-corrected chi connectivity index (χ0v) is 10.4. The maximum atomic E-state index is 11.8. The van der Waals surface area contributed by atoms with Gasteiger partial charge in [0.25, 0.3) is 0 Å². The quantitative estimate of drug-likeness (QED) is 0.731. The highest BCUT2D eigenvalue weighted by atomic mass is 16.5. The molecule has 3 nitrogen and oxygen atoms in total. The molecule has 0 N–H and O–H groups in total. The fourth-order valence-corrected chi connectivity index (χ4v) is 1.48. The second-order valence-corrected chi connectivity index (χ2v) is 4.35. The molecule has 0 unspecified atom stereocenters. The van der Waals surface area contributed by atoms with E-state index in [1.54, 1.807) is 0 Å². The molecular formula is C13H19NO2. The van der Waals surface area contributed by atoms with Crippen molar-refractivity contribution in [3.8, 4) is 0 Å². The number of benzene rings is 1. The van der Waals surface area contributed by atoms with E-state index in [0.29, 0.717) is 5.56 Å². The van der Waals surface area contributed by atoms with Crippen molar-refractivity contribution in [1.29, 1.82) is 0 Å². The van der Waals surface area contributed by atoms with E-state index in [-0.39, 0.29) is 12.1 Å². The van der Waals surface area contributed by atoms with Crippen molar-refractivity contribution < 1.29 is 9.53 Å². The Morgan fingerprint density at radius 3 is 2.50 bits per heavy atom. The molecule has 3 heteroatoms. The SMILES string of the molecule is CC(C)OC(=O)c1ccccc1CN(C)C. The summed E-state index contributed by atoms with van der Waals surface area (Å²) in [5.74, 6) is -0.243. The van der Waals surface area contributed by atoms with Gasteiger partial charge in [0.1, 0.15) is 0 Å². The van der Waals surface area contributed by atoms with Gasteiger partial charge < -0.3 is 9.64 Å². The summed E-state index contributed by atoms with van der Waals surface area (Å²) in [5, 5.41) is 0. The van der Waals surface area contributed by atoms with Crippen LogP contribution in [0.4, 0.5) is 0 Å². The van der Waals surface area contributed by atoms with Crippen molar-refractivity contribution in [2.75, 3.05) is 14.1 Å². The molecule has 0 aromatic heterocycles. The smallest absolute Gasteiger partial charge is 0.338 e. The molecule has 0 fully saturated rings. The summed E-state index contributed by atoms with van der Waals surface area (Å²) in [6.45, 7) is 4.45. The maximum Gasteiger partial charge on any atom is 0.338 e. The van der Waals surface area contributed by atoms with Crippen LogP contribution in [-0.2, 0) is 11.3 Å². The molecular weight excluding hydrogens is 202 g/mol. The zero-order valence-electron chi connectivity index (χ0n) is 10.4. The van der Waals surface area contributed by atoms with E-state index in [1.165, 1.54) is 0 Å². The van der Waals surface area contributed by atoms with Gasteiger partial charge in [0.2, 0.25) is 0 Å². The van der Waals surface area contributed by atoms with Crippen LogP contribution in [0.15, 0.2) is 24.3 Å². The van der Waals surface area contributed by atoms with Crippen LogP contribution in [0.2, 0.25) is 0 Å². The van der Waals surface area contributed by atoms with Crippen LogP contribution < -0.4 is 0 Å². The van der Waals surface area contributed by atoms with Gasteiger partial charge in [-0.05, 0) is 39.6 Å². The maximum absolute atomic E-state index is 11.8. The molecule has 0 saturated heterocycles. The Morgan fingerprint density at radius 2 is 1.94 bits per heavy atom. The minimum absolute atomic E-state index is 0.0834. The number of hydrogen-bond donors (Lipinski definition) is 0. The lowest BCUT2D eigenvalue weighted by atomic mass is 10.1. The van der Waals surface area contributed by atoms with Gasteiger partial charge in [0.05, 0.1) is 11.7 Å². The Kier molecular flexibility index (Phi) is 4.50. The van der Waals surface area contributed by atoms with E-state index < -0.39 is 0 Å². The van der Waals surface area contributed by atoms with E-state index in [9.17, 15) is 4.79 Å². The van der Waals surface area contributed by atoms with Gasteiger partial charge in [-0.1, -0.05) is 18.2 Å². The predicted molar refractivity (Wildman–Crippen MR) is 64.4 cm³/mol. The Balaban J connectivity index is 2.89. The van der Waals surface area contributed by atoms with Crippen LogP contribution in [-0.4, -0.2) is 31.1 Å². The fraction of sp³-hybridized carbons (Fsp3) is 0.462. The summed E-state index contributed by atoms with van der Waals surface area (Å²) in [4.78, 5) is 13.8. The molecule has 0 spiro atoms. The third-order valence-electron chi connectivity index (χ3n) is 2.07. The Morgan fingerprint density at radius 1 is 1.31 bits per heavy atom. The van der Waals surface area contributed by atoms with Crippen LogP contribution >= 0.6 is 0 Å². The van der Waals surface area contributed by atoms with Crippen LogP contribution in [0.3, 0.4) is 0 Å². The number of rotatable bonds is 4. The lowest BCUT2D eigenvalue weighted by Crippen LogP contribution is -2.17. The Hall–Kier alpha value is -1.35. The molecule has 0 bridgehead atoms. The van der Waals surface area contributed by atoms with Crippen molar-refractivity contribution in [1.82, 2.24) is 4.90 Å². The summed E-state index contributed by atoms with van der Waals surface area (Å²) in [7, 11) is 3.95. The van der Waals surface area contributed by atoms with Gasteiger partial charge in [-0.25, -0.2) is 4.79 Å². The highest BCUT2D eigenvalue weighted by Gasteiger charge is 2.13. The molecule has 0 aliphatic heterocycles. The first-order valence-corrected chi connectivity index (χ1v) is 5.44. The number of carbonyl (C=O) groups excluding carboxylic acids is 1. The molecule has 1 rings (SSSR count). The van der Waals surface area contributed by atoms with Crippen LogP contribution in [0.25, 0.3) is 0 Å². The van der Waals surface area contributed by atoms with Gasteiger partial charge in [-0.2, -0.15) is 0 Å². The zero-order chi connectivity index (χ0) is 12.1. The molecule has 0 aliphatic carbocycles. The number of ether oxygens (including phenoxy) is 1. The first-order chi connectivity index (χ1) is 7.50. The van der Waals surface area contributed by atoms with Crippen molar-refractivity contribution >= 4 is 5.97 Å². The topological polar surface area (TPSA) is 29.5 Å². The Bertz CT molecular complexity index is 359. The van der Waals surface area contributed by atoms with E-state index in [4.69, 9.17) is 4.74 Å². The van der Waals surface area contributed by atoms with Crippen LogP contribution in [0, 0.1) is 0 Å². The largest absolute Gasteiger partial charge is 0.459 e. The third kappa shape index (κ3) is 3.66. The summed E-state index contributed by atoms with van der Waals surface area (Å²) >= 11 is 0. The van der Waals surface area contributed by atoms with Gasteiger partial charge in [-0.15, -0.1) is 0 Å². The standard InChI is InChI=1S/C13H19NO2/c1-10(2)16-13(15)12-8-6-5-7-11(12)9-14(3)4/h5-8,10H,9H2,1-4H3. The first-order valence-electron chi connectivity index (χ1n) is 5.44. The number of esters is 1. The lowest BCUT2D eigenvalue weighted by molar-refractivity contribution is 0.0376. The molecule has 0 heterocycles. The van der Waals surface area contributed by atoms with E-state index in [0.717, 1.165) is 12.1 Å². The van der Waals surface area contributed by atoms with Gasteiger partial charge >= 0.3 is 5.97 Å². The summed E-state index contributed by atoms with van der Waals surface area (Å²) in [6.07, 6.45) is -0.0834. The molecule has 16 heavy (non-hydrogen) atoms. The number of carbonyl (C=O) groups is 1. The Labute approximate surface area is 97.0 Å². The van der Waals surface area contributed by atoms with E-state index in [1.807, 2.05) is 57.1 Å². The average molecular weight is 221 g/mol. The van der Waals surface area contributed by atoms with Gasteiger partial charge in [-0.3, -0.25) is 0 Å². The van der Waals surface area contributed by atoms with E-state index in [2.05, 4.69) is 0 Å². The van der Waals surface area contributed by atoms with Crippen LogP contribution in [0.1, 0.15) is 29.8 Å². The molecule has 0 radical (unpaired) electrons. The summed E-state index contributed by atoms with van der Waals surface area (Å²) < 4.78 is 5.20. The average Bonchev–Trinajstić information content (AvgIpc) is 2.16. The highest BCUT2D eigenvalue weighted by molar-refractivity contribution is 5.91. The number of nitrogens with zero attached hydrogens (tertiary/aromatic N) is 1. The summed E-state index contributed by atoms with van der Waals surface area (Å²) in [5.41, 5.74) is 1.66. The van der Waals surface area contributed by atoms with E-state index >= 15 is 0 Å². The van der Waals surface area contributed by atoms with Gasteiger partial charge in [0.15, 0.2) is 0 Å². The fourth-order valence-electron chi connectivity index (χ4n) is 1.48. The molecule has 0 atom stereocenters. The lowest BCUT2D eigenvalue weighted by Gasteiger charge is -2.14. The molecule has 1 aromatic carbocycles. The molecule has 0 amide bonds. The highest BCUT2D eigenvalue weighted by Crippen LogP contribution is 2.12. The predicted octanol–water partition coefficient (Wildman–Crippen LogP) is 2.31. The van der Waals surface area contributed by atoms with Crippen molar-refractivity contribution in [2.24, 2.45) is 0 Å². The van der Waals surface area contributed by atoms with Crippen molar-refractivity contribution in [3.63, 3.8) is 0 Å². The monoisotopic (exact) mass is 221 g/mol. The third-order valence-corrected chi connectivity index (χ3v) is 2.07. The minimum atomic E-state index is -0.243. The molecule has 1 aromatic rings. The normalized spacial score (nSPS) is 10.9. The number of hydrogen-bond acceptors (Lipinski definition) is 3. The van der Waals surface area contributed by atoms with Crippen molar-refractivity contribution in [3.05, 3.63) is 35.4 Å². The van der Waals surface area contributed by atoms with Gasteiger partial charge in [0, 0.05) is 6.54 Å².